The van der Waals surface area contributed by atoms with Crippen molar-refractivity contribution in [2.24, 2.45) is 10.8 Å². The summed E-state index contributed by atoms with van der Waals surface area (Å²) in [5.74, 6) is -0.880. The Morgan fingerprint density at radius 2 is 2.13 bits per heavy atom. The highest BCUT2D eigenvalue weighted by atomic mass is 16.4. The van der Waals surface area contributed by atoms with Crippen LogP contribution in [0.3, 0.4) is 0 Å². The summed E-state index contributed by atoms with van der Waals surface area (Å²) in [6, 6.07) is 0. The van der Waals surface area contributed by atoms with E-state index in [4.69, 9.17) is 5.11 Å². The zero-order valence-electron chi connectivity index (χ0n) is 9.71. The van der Waals surface area contributed by atoms with Crippen molar-refractivity contribution in [2.45, 2.75) is 40.0 Å². The van der Waals surface area contributed by atoms with Crippen LogP contribution in [-0.4, -0.2) is 22.8 Å². The molecule has 0 saturated heterocycles. The van der Waals surface area contributed by atoms with E-state index in [0.717, 1.165) is 6.42 Å². The van der Waals surface area contributed by atoms with E-state index in [1.807, 2.05) is 6.08 Å². The van der Waals surface area contributed by atoms with Crippen molar-refractivity contribution in [1.29, 1.82) is 0 Å². The van der Waals surface area contributed by atoms with Crippen molar-refractivity contribution in [3.63, 3.8) is 0 Å². The molecule has 2 N–H and O–H groups in total. The molecule has 3 heteroatoms. The number of hydrogen-bond donors (Lipinski definition) is 2. The van der Waals surface area contributed by atoms with Crippen LogP contribution in [0.15, 0.2) is 11.6 Å². The van der Waals surface area contributed by atoms with Crippen LogP contribution in [0, 0.1) is 10.8 Å². The molecule has 0 aromatic rings. The van der Waals surface area contributed by atoms with Crippen LogP contribution < -0.4 is 0 Å². The lowest BCUT2D eigenvalue weighted by atomic mass is 9.70. The van der Waals surface area contributed by atoms with Gasteiger partial charge < -0.3 is 10.2 Å². The lowest BCUT2D eigenvalue weighted by molar-refractivity contribution is -0.152. The standard InChI is InChI=1S/C12H20O3/c1-11(2,3)9-4-6-12(8-13,7-5-9)10(14)15/h4,13H,5-8H2,1-3H3,(H,14,15). The predicted molar refractivity (Wildman–Crippen MR) is 58.5 cm³/mol. The Hall–Kier alpha value is -0.830. The SMILES string of the molecule is CC(C)(C)C1=CCC(CO)(C(=O)O)CC1. The van der Waals surface area contributed by atoms with Crippen LogP contribution in [0.4, 0.5) is 0 Å². The first kappa shape index (κ1) is 12.2. The highest BCUT2D eigenvalue weighted by molar-refractivity contribution is 5.75. The van der Waals surface area contributed by atoms with Gasteiger partial charge in [0.25, 0.3) is 0 Å². The molecule has 0 heterocycles. The fourth-order valence-electron chi connectivity index (χ4n) is 1.98. The summed E-state index contributed by atoms with van der Waals surface area (Å²) < 4.78 is 0. The third-order valence-corrected chi connectivity index (χ3v) is 3.33. The van der Waals surface area contributed by atoms with Gasteiger partial charge in [0, 0.05) is 0 Å². The molecule has 1 unspecified atom stereocenters. The highest BCUT2D eigenvalue weighted by Crippen LogP contribution is 2.41. The molecule has 0 spiro atoms. The monoisotopic (exact) mass is 212 g/mol. The Morgan fingerprint density at radius 3 is 2.40 bits per heavy atom. The Kier molecular flexibility index (Phi) is 3.24. The molecule has 0 bridgehead atoms. The second-order valence-electron chi connectivity index (χ2n) is 5.43. The molecule has 3 nitrogen and oxygen atoms in total. The van der Waals surface area contributed by atoms with E-state index in [2.05, 4.69) is 20.8 Å². The van der Waals surface area contributed by atoms with Gasteiger partial charge in [-0.05, 0) is 24.7 Å². The van der Waals surface area contributed by atoms with E-state index >= 15 is 0 Å². The quantitative estimate of drug-likeness (QED) is 0.690. The van der Waals surface area contributed by atoms with Gasteiger partial charge in [-0.1, -0.05) is 32.4 Å². The van der Waals surface area contributed by atoms with Crippen LogP contribution in [-0.2, 0) is 4.79 Å². The molecule has 0 aliphatic heterocycles. The van der Waals surface area contributed by atoms with Crippen molar-refractivity contribution >= 4 is 5.97 Å². The first-order chi connectivity index (χ1) is 6.82. The van der Waals surface area contributed by atoms with E-state index < -0.39 is 11.4 Å². The van der Waals surface area contributed by atoms with E-state index in [0.29, 0.717) is 12.8 Å². The van der Waals surface area contributed by atoms with Crippen LogP contribution in [0.5, 0.6) is 0 Å². The number of aliphatic carboxylic acids is 1. The molecular weight excluding hydrogens is 192 g/mol. The maximum atomic E-state index is 11.1. The molecular formula is C12H20O3. The lowest BCUT2D eigenvalue weighted by Crippen LogP contribution is -2.37. The average Bonchev–Trinajstić information content (AvgIpc) is 2.16. The van der Waals surface area contributed by atoms with Crippen LogP contribution in [0.2, 0.25) is 0 Å². The molecule has 86 valence electrons. The average molecular weight is 212 g/mol. The van der Waals surface area contributed by atoms with Gasteiger partial charge in [0.2, 0.25) is 0 Å². The Labute approximate surface area is 90.8 Å². The largest absolute Gasteiger partial charge is 0.481 e. The third-order valence-electron chi connectivity index (χ3n) is 3.33. The summed E-state index contributed by atoms with van der Waals surface area (Å²) in [5.41, 5.74) is 0.474. The fraction of sp³-hybridized carbons (Fsp3) is 0.750. The Bertz CT molecular complexity index is 286. The number of carboxylic acid groups (broad SMARTS) is 1. The third kappa shape index (κ3) is 2.40. The Morgan fingerprint density at radius 1 is 1.53 bits per heavy atom. The number of carbonyl (C=O) groups is 1. The summed E-state index contributed by atoms with van der Waals surface area (Å²) in [6.07, 6.45) is 3.76. The zero-order chi connectivity index (χ0) is 11.7. The normalized spacial score (nSPS) is 27.3. The number of carboxylic acids is 1. The van der Waals surface area contributed by atoms with Crippen molar-refractivity contribution in [3.05, 3.63) is 11.6 Å². The first-order valence-electron chi connectivity index (χ1n) is 5.36. The summed E-state index contributed by atoms with van der Waals surface area (Å²) in [6.45, 7) is 6.12. The molecule has 1 aliphatic rings. The minimum Gasteiger partial charge on any atom is -0.481 e. The number of aliphatic hydroxyl groups excluding tert-OH is 1. The van der Waals surface area contributed by atoms with Gasteiger partial charge in [-0.25, -0.2) is 0 Å². The molecule has 0 fully saturated rings. The van der Waals surface area contributed by atoms with Gasteiger partial charge in [-0.15, -0.1) is 0 Å². The number of allylic oxidation sites excluding steroid dienone is 2. The maximum Gasteiger partial charge on any atom is 0.312 e. The molecule has 0 radical (unpaired) electrons. The van der Waals surface area contributed by atoms with Gasteiger partial charge in [-0.2, -0.15) is 0 Å². The van der Waals surface area contributed by atoms with Crippen LogP contribution >= 0.6 is 0 Å². The second kappa shape index (κ2) is 3.97. The second-order valence-corrected chi connectivity index (χ2v) is 5.43. The minimum atomic E-state index is -0.936. The van der Waals surface area contributed by atoms with Gasteiger partial charge in [-0.3, -0.25) is 4.79 Å². The summed E-state index contributed by atoms with van der Waals surface area (Å²) in [5, 5.41) is 18.3. The van der Waals surface area contributed by atoms with Crippen molar-refractivity contribution in [3.8, 4) is 0 Å². The number of hydrogen-bond acceptors (Lipinski definition) is 2. The number of aliphatic hydroxyl groups is 1. The van der Waals surface area contributed by atoms with Gasteiger partial charge in [0.1, 0.15) is 0 Å². The van der Waals surface area contributed by atoms with Crippen LogP contribution in [0.1, 0.15) is 40.0 Å². The predicted octanol–water partition coefficient (Wildman–Crippen LogP) is 2.21. The van der Waals surface area contributed by atoms with Gasteiger partial charge in [0.15, 0.2) is 0 Å². The molecule has 1 aliphatic carbocycles. The van der Waals surface area contributed by atoms with Gasteiger partial charge in [0.05, 0.1) is 12.0 Å². The van der Waals surface area contributed by atoms with E-state index in [9.17, 15) is 9.90 Å². The first-order valence-corrected chi connectivity index (χ1v) is 5.36. The van der Waals surface area contributed by atoms with Crippen molar-refractivity contribution in [1.82, 2.24) is 0 Å². The molecule has 1 rings (SSSR count). The maximum absolute atomic E-state index is 11.1. The number of rotatable bonds is 2. The van der Waals surface area contributed by atoms with E-state index in [1.165, 1.54) is 5.57 Å². The smallest absolute Gasteiger partial charge is 0.312 e. The highest BCUT2D eigenvalue weighted by Gasteiger charge is 2.40. The lowest BCUT2D eigenvalue weighted by Gasteiger charge is -2.34. The molecule has 0 amide bonds. The molecule has 15 heavy (non-hydrogen) atoms. The van der Waals surface area contributed by atoms with E-state index in [1.54, 1.807) is 0 Å². The fourth-order valence-corrected chi connectivity index (χ4v) is 1.98. The molecule has 1 atom stereocenters. The summed E-state index contributed by atoms with van der Waals surface area (Å²) >= 11 is 0. The summed E-state index contributed by atoms with van der Waals surface area (Å²) in [7, 11) is 0. The molecule has 0 aromatic heterocycles. The summed E-state index contributed by atoms with van der Waals surface area (Å²) in [4.78, 5) is 11.1. The Balaban J connectivity index is 2.84. The van der Waals surface area contributed by atoms with Crippen molar-refractivity contribution < 1.29 is 15.0 Å². The molecule has 0 saturated carbocycles. The van der Waals surface area contributed by atoms with Crippen molar-refractivity contribution in [2.75, 3.05) is 6.61 Å². The molecule has 0 aromatic carbocycles. The minimum absolute atomic E-state index is 0.111. The van der Waals surface area contributed by atoms with E-state index in [-0.39, 0.29) is 12.0 Å². The van der Waals surface area contributed by atoms with Gasteiger partial charge >= 0.3 is 5.97 Å². The van der Waals surface area contributed by atoms with Crippen LogP contribution in [0.25, 0.3) is 0 Å². The topological polar surface area (TPSA) is 57.5 Å². The zero-order valence-corrected chi connectivity index (χ0v) is 9.71.